The number of nitrogens with one attached hydrogen (secondary N) is 1. The predicted octanol–water partition coefficient (Wildman–Crippen LogP) is 3.58. The second-order valence-electron chi connectivity index (χ2n) is 5.92. The SMILES string of the molecule is c1ccc2c(c1)nc(C1CCCN1)n2C1CCCC1. The number of para-hydroxylation sites is 2. The van der Waals surface area contributed by atoms with E-state index in [2.05, 4.69) is 34.1 Å². The summed E-state index contributed by atoms with van der Waals surface area (Å²) >= 11 is 0. The molecule has 2 aliphatic rings. The molecule has 1 saturated heterocycles. The molecule has 2 fully saturated rings. The lowest BCUT2D eigenvalue weighted by Crippen LogP contribution is -2.19. The highest BCUT2D eigenvalue weighted by atomic mass is 15.2. The number of hydrogen-bond acceptors (Lipinski definition) is 2. The van der Waals surface area contributed by atoms with Gasteiger partial charge in [0.15, 0.2) is 0 Å². The largest absolute Gasteiger partial charge is 0.324 e. The summed E-state index contributed by atoms with van der Waals surface area (Å²) in [5, 5.41) is 3.61. The van der Waals surface area contributed by atoms with E-state index in [-0.39, 0.29) is 0 Å². The first-order valence-electron chi connectivity index (χ1n) is 7.64. The maximum atomic E-state index is 4.94. The van der Waals surface area contributed by atoms with E-state index in [1.54, 1.807) is 0 Å². The zero-order valence-corrected chi connectivity index (χ0v) is 11.3. The number of aromatic nitrogens is 2. The lowest BCUT2D eigenvalue weighted by molar-refractivity contribution is 0.473. The van der Waals surface area contributed by atoms with Crippen molar-refractivity contribution in [3.8, 4) is 0 Å². The molecule has 1 aliphatic carbocycles. The summed E-state index contributed by atoms with van der Waals surface area (Å²) < 4.78 is 2.55. The van der Waals surface area contributed by atoms with E-state index in [4.69, 9.17) is 4.98 Å². The molecule has 1 unspecified atom stereocenters. The zero-order chi connectivity index (χ0) is 12.7. The van der Waals surface area contributed by atoms with E-state index in [9.17, 15) is 0 Å². The van der Waals surface area contributed by atoms with Gasteiger partial charge >= 0.3 is 0 Å². The Morgan fingerprint density at radius 3 is 2.68 bits per heavy atom. The van der Waals surface area contributed by atoms with E-state index in [1.165, 1.54) is 49.9 Å². The molecule has 0 bridgehead atoms. The normalized spacial score (nSPS) is 24.5. The third kappa shape index (κ3) is 1.88. The van der Waals surface area contributed by atoms with Gasteiger partial charge in [0.2, 0.25) is 0 Å². The van der Waals surface area contributed by atoms with E-state index in [0.717, 1.165) is 12.1 Å². The molecule has 1 aromatic carbocycles. The third-order valence-corrected chi connectivity index (χ3v) is 4.68. The third-order valence-electron chi connectivity index (χ3n) is 4.68. The molecule has 19 heavy (non-hydrogen) atoms. The number of benzene rings is 1. The lowest BCUT2D eigenvalue weighted by Gasteiger charge is -2.19. The second kappa shape index (κ2) is 4.64. The average molecular weight is 255 g/mol. The van der Waals surface area contributed by atoms with Gasteiger partial charge in [-0.25, -0.2) is 4.98 Å². The summed E-state index contributed by atoms with van der Waals surface area (Å²) in [4.78, 5) is 4.94. The number of fused-ring (bicyclic) bond motifs is 1. The molecule has 0 spiro atoms. The van der Waals surface area contributed by atoms with Gasteiger partial charge in [-0.1, -0.05) is 25.0 Å². The molecule has 3 nitrogen and oxygen atoms in total. The monoisotopic (exact) mass is 255 g/mol. The molecule has 100 valence electrons. The van der Waals surface area contributed by atoms with E-state index >= 15 is 0 Å². The Bertz CT molecular complexity index is 575. The van der Waals surface area contributed by atoms with Crippen molar-refractivity contribution < 1.29 is 0 Å². The average Bonchev–Trinajstić information content (AvgIpc) is 3.17. The molecule has 1 aromatic heterocycles. The minimum Gasteiger partial charge on any atom is -0.324 e. The maximum absolute atomic E-state index is 4.94. The van der Waals surface area contributed by atoms with Gasteiger partial charge in [-0.15, -0.1) is 0 Å². The summed E-state index contributed by atoms with van der Waals surface area (Å²) in [6.45, 7) is 1.14. The lowest BCUT2D eigenvalue weighted by atomic mass is 10.2. The molecular weight excluding hydrogens is 234 g/mol. The van der Waals surface area contributed by atoms with Crippen LogP contribution in [0.4, 0.5) is 0 Å². The first-order valence-corrected chi connectivity index (χ1v) is 7.64. The fraction of sp³-hybridized carbons (Fsp3) is 0.562. The number of imidazole rings is 1. The Hall–Kier alpha value is -1.35. The second-order valence-corrected chi connectivity index (χ2v) is 5.92. The molecule has 2 aromatic rings. The summed E-state index contributed by atoms with van der Waals surface area (Å²) in [6, 6.07) is 9.76. The minimum atomic E-state index is 0.466. The summed E-state index contributed by atoms with van der Waals surface area (Å²) in [7, 11) is 0. The van der Waals surface area contributed by atoms with Crippen molar-refractivity contribution >= 4 is 11.0 Å². The molecule has 1 atom stereocenters. The van der Waals surface area contributed by atoms with E-state index in [0.29, 0.717) is 12.1 Å². The summed E-state index contributed by atoms with van der Waals surface area (Å²) in [6.07, 6.45) is 7.89. The van der Waals surface area contributed by atoms with Crippen LogP contribution >= 0.6 is 0 Å². The molecule has 2 heterocycles. The number of nitrogens with zero attached hydrogens (tertiary/aromatic N) is 2. The van der Waals surface area contributed by atoms with Crippen molar-refractivity contribution in [1.29, 1.82) is 0 Å². The molecule has 1 aliphatic heterocycles. The Morgan fingerprint density at radius 1 is 1.05 bits per heavy atom. The summed E-state index contributed by atoms with van der Waals surface area (Å²) in [5.41, 5.74) is 2.50. The Morgan fingerprint density at radius 2 is 1.89 bits per heavy atom. The van der Waals surface area contributed by atoms with Crippen LogP contribution in [0.3, 0.4) is 0 Å². The highest BCUT2D eigenvalue weighted by Gasteiger charge is 2.27. The zero-order valence-electron chi connectivity index (χ0n) is 11.3. The van der Waals surface area contributed by atoms with Crippen LogP contribution in [-0.2, 0) is 0 Å². The Labute approximate surface area is 114 Å². The smallest absolute Gasteiger partial charge is 0.127 e. The first kappa shape index (κ1) is 11.5. The van der Waals surface area contributed by atoms with Gasteiger partial charge < -0.3 is 9.88 Å². The van der Waals surface area contributed by atoms with Gasteiger partial charge in [0.1, 0.15) is 5.82 Å². The highest BCUT2D eigenvalue weighted by Crippen LogP contribution is 2.36. The molecule has 1 N–H and O–H groups in total. The topological polar surface area (TPSA) is 29.9 Å². The standard InChI is InChI=1S/C16H21N3/c1-2-7-12(6-1)19-15-10-4-3-8-13(15)18-16(19)14-9-5-11-17-14/h3-4,8,10,12,14,17H,1-2,5-7,9,11H2. The van der Waals surface area contributed by atoms with Crippen LogP contribution in [0.5, 0.6) is 0 Å². The molecule has 4 rings (SSSR count). The van der Waals surface area contributed by atoms with Gasteiger partial charge in [-0.05, 0) is 44.4 Å². The highest BCUT2D eigenvalue weighted by molar-refractivity contribution is 5.76. The van der Waals surface area contributed by atoms with Crippen LogP contribution in [-0.4, -0.2) is 16.1 Å². The van der Waals surface area contributed by atoms with Gasteiger partial charge in [0.25, 0.3) is 0 Å². The van der Waals surface area contributed by atoms with Crippen LogP contribution in [0.25, 0.3) is 11.0 Å². The number of hydrogen-bond donors (Lipinski definition) is 1. The summed E-state index contributed by atoms with van der Waals surface area (Å²) in [5.74, 6) is 1.28. The molecule has 1 saturated carbocycles. The minimum absolute atomic E-state index is 0.466. The van der Waals surface area contributed by atoms with Gasteiger partial charge in [-0.2, -0.15) is 0 Å². The van der Waals surface area contributed by atoms with Crippen LogP contribution < -0.4 is 5.32 Å². The van der Waals surface area contributed by atoms with Crippen molar-refractivity contribution in [2.75, 3.05) is 6.54 Å². The molecule has 0 radical (unpaired) electrons. The fourth-order valence-electron chi connectivity index (χ4n) is 3.76. The maximum Gasteiger partial charge on any atom is 0.127 e. The molecular formula is C16H21N3. The van der Waals surface area contributed by atoms with Crippen LogP contribution in [0.15, 0.2) is 24.3 Å². The Balaban J connectivity index is 1.87. The van der Waals surface area contributed by atoms with Gasteiger partial charge in [0.05, 0.1) is 17.1 Å². The van der Waals surface area contributed by atoms with E-state index in [1.807, 2.05) is 0 Å². The molecule has 3 heteroatoms. The van der Waals surface area contributed by atoms with Crippen LogP contribution in [0, 0.1) is 0 Å². The molecule has 0 amide bonds. The van der Waals surface area contributed by atoms with Crippen molar-refractivity contribution in [2.45, 2.75) is 50.6 Å². The van der Waals surface area contributed by atoms with Crippen LogP contribution in [0.1, 0.15) is 56.4 Å². The van der Waals surface area contributed by atoms with Gasteiger partial charge in [0, 0.05) is 6.04 Å². The van der Waals surface area contributed by atoms with Crippen molar-refractivity contribution in [3.05, 3.63) is 30.1 Å². The van der Waals surface area contributed by atoms with Gasteiger partial charge in [-0.3, -0.25) is 0 Å². The van der Waals surface area contributed by atoms with Crippen molar-refractivity contribution in [1.82, 2.24) is 14.9 Å². The van der Waals surface area contributed by atoms with Crippen molar-refractivity contribution in [2.24, 2.45) is 0 Å². The fourth-order valence-corrected chi connectivity index (χ4v) is 3.76. The van der Waals surface area contributed by atoms with Crippen LogP contribution in [0.2, 0.25) is 0 Å². The van der Waals surface area contributed by atoms with Crippen molar-refractivity contribution in [3.63, 3.8) is 0 Å². The Kier molecular flexibility index (Phi) is 2.80. The predicted molar refractivity (Wildman–Crippen MR) is 77.2 cm³/mol. The van der Waals surface area contributed by atoms with E-state index < -0.39 is 0 Å². The number of rotatable bonds is 2. The first-order chi connectivity index (χ1) is 9.43. The quantitative estimate of drug-likeness (QED) is 0.889.